The van der Waals surface area contributed by atoms with Crippen molar-refractivity contribution >= 4 is 62.6 Å². The van der Waals surface area contributed by atoms with E-state index in [4.69, 9.17) is 0 Å². The summed E-state index contributed by atoms with van der Waals surface area (Å²) in [6.45, 7) is 14.4. The van der Waals surface area contributed by atoms with Crippen LogP contribution in [-0.4, -0.2) is 74.4 Å². The average Bonchev–Trinajstić information content (AvgIpc) is 1.65. The molecule has 141 heavy (non-hydrogen) atoms. The van der Waals surface area contributed by atoms with Crippen LogP contribution < -0.4 is 39.2 Å². The van der Waals surface area contributed by atoms with Gasteiger partial charge in [-0.1, -0.05) is 204 Å². The second-order valence-corrected chi connectivity index (χ2v) is 32.4. The number of hydrogen-bond acceptors (Lipinski definition) is 13. The van der Waals surface area contributed by atoms with Crippen molar-refractivity contribution in [3.05, 3.63) is 549 Å². The Labute approximate surface area is 884 Å². The van der Waals surface area contributed by atoms with Gasteiger partial charge in [-0.05, 0) is 157 Å². The molecule has 0 aliphatic carbocycles. The van der Waals surface area contributed by atoms with Gasteiger partial charge in [0.2, 0.25) is 0 Å². The van der Waals surface area contributed by atoms with Crippen LogP contribution in [0.25, 0.3) is 72.7 Å². The molecule has 0 spiro atoms. The fourth-order valence-electron chi connectivity index (χ4n) is 15.7. The van der Waals surface area contributed by atoms with Gasteiger partial charge in [-0.15, -0.1) is 93.2 Å². The molecular weight excluding hydrogens is 2450 g/mol. The van der Waals surface area contributed by atoms with Crippen LogP contribution in [0.1, 0.15) is 11.4 Å². The molecule has 5 aliphatic heterocycles. The second-order valence-electron chi connectivity index (χ2n) is 32.4. The number of benzene rings is 16. The van der Waals surface area contributed by atoms with E-state index in [0.29, 0.717) is 0 Å². The standard InChI is InChI=1S/C22H18N2.2C20H16N2.C16H14N2.C14H12N2.C11H11N2.2C9H7N2.4Ir/c1-23-15-16-24(17-23)22-13-11-21(12-14-22)20-9-7-19(8-10-20)18-5-3-2-4-6-18;2*1-21-15-22(20-10-6-5-9-19(20)21)18-13-11-17(12-14-18)16-7-3-2-4-8-16;1-17-11-12-18(13-17)16-9-7-15(8-10-16)14-5-3-2-4-6-14;1-15-11-16(12-7-3-2-4-8-12)14-10-6-5-9-13(14)15;1-9-8-10(2)13(12-9)11-6-4-3-5-7-11;2*1-2-5-9(6-3-1)11-8-4-7-10-11;;;;/h2-13,15-17H,1H3;2*2-13,15H,1H3;2-9,11-13H,1H3;2-7,9-11H,1H3;3-6,8H,1-2H3;2*1-5,7-8H;;;;/q5*-2;3*-1;;3*+3. The minimum atomic E-state index is 0. The van der Waals surface area contributed by atoms with Crippen LogP contribution in [0.2, 0.25) is 0 Å². The summed E-state index contributed by atoms with van der Waals surface area (Å²) < 4.78 is 5.45. The third kappa shape index (κ3) is 27.2. The van der Waals surface area contributed by atoms with E-state index >= 15 is 0 Å². The summed E-state index contributed by atoms with van der Waals surface area (Å²) in [5, 5.41) is 12.5. The number of hydrogen-bond donors (Lipinski definition) is 0. The van der Waals surface area contributed by atoms with Crippen molar-refractivity contribution in [3.8, 4) is 72.7 Å². The Kier molecular flexibility index (Phi) is 38.0. The molecule has 0 saturated carbocycles. The summed E-state index contributed by atoms with van der Waals surface area (Å²) in [6.07, 6.45) is 15.4. The first-order valence-electron chi connectivity index (χ1n) is 45.1. The van der Waals surface area contributed by atoms with E-state index in [1.165, 1.54) is 89.8 Å². The molecule has 705 valence electrons. The van der Waals surface area contributed by atoms with Gasteiger partial charge in [-0.25, -0.2) is 0 Å². The fourth-order valence-corrected chi connectivity index (χ4v) is 15.7. The van der Waals surface area contributed by atoms with Gasteiger partial charge in [0.1, 0.15) is 0 Å². The van der Waals surface area contributed by atoms with Crippen LogP contribution in [0, 0.1) is 95.7 Å². The van der Waals surface area contributed by atoms with Crippen molar-refractivity contribution in [3.63, 3.8) is 0 Å². The molecule has 0 unspecified atom stereocenters. The molecule has 0 amide bonds. The van der Waals surface area contributed by atoms with Crippen molar-refractivity contribution in [2.45, 2.75) is 13.8 Å². The van der Waals surface area contributed by atoms with E-state index in [2.05, 4.69) is 411 Å². The number of fused-ring (bicyclic) bond motifs is 3. The third-order valence-corrected chi connectivity index (χ3v) is 22.6. The Hall–Kier alpha value is -14.8. The maximum Gasteiger partial charge on any atom is 3.00 e. The van der Waals surface area contributed by atoms with Crippen LogP contribution in [0.4, 0.5) is 62.6 Å². The molecule has 0 saturated heterocycles. The molecule has 16 nitrogen and oxygen atoms in total. The largest absolute Gasteiger partial charge is 3.00 e. The Balaban J connectivity index is 0.000000137. The van der Waals surface area contributed by atoms with Gasteiger partial charge in [0.05, 0.1) is 5.69 Å². The number of anilines is 11. The molecular formula is C121H101Ir4N16-4. The molecule has 8 heterocycles. The van der Waals surface area contributed by atoms with Gasteiger partial charge in [0.15, 0.2) is 0 Å². The minimum Gasteiger partial charge on any atom is -0.510 e. The van der Waals surface area contributed by atoms with Crippen LogP contribution in [-0.2, 0) is 80.4 Å². The molecule has 3 aromatic heterocycles. The molecule has 16 aromatic carbocycles. The van der Waals surface area contributed by atoms with Crippen molar-refractivity contribution in [1.82, 2.24) is 39.1 Å². The zero-order valence-corrected chi connectivity index (χ0v) is 88.3. The van der Waals surface area contributed by atoms with Crippen LogP contribution in [0.5, 0.6) is 0 Å². The van der Waals surface area contributed by atoms with E-state index < -0.39 is 0 Å². The van der Waals surface area contributed by atoms with E-state index in [0.717, 1.165) is 56.9 Å². The number of aromatic nitrogens is 6. The minimum absolute atomic E-state index is 0. The quantitative estimate of drug-likeness (QED) is 0.103. The molecule has 0 N–H and O–H groups in total. The second kappa shape index (κ2) is 51.8. The first kappa shape index (κ1) is 104. The third-order valence-electron chi connectivity index (χ3n) is 22.6. The summed E-state index contributed by atoms with van der Waals surface area (Å²) >= 11 is 0. The van der Waals surface area contributed by atoms with Gasteiger partial charge < -0.3 is 49.0 Å². The van der Waals surface area contributed by atoms with Gasteiger partial charge in [0, 0.05) is 84.7 Å². The van der Waals surface area contributed by atoms with E-state index in [-0.39, 0.29) is 80.4 Å². The SMILES string of the molecule is CN1C=CN(c2[c-]cc(-c3ccc(-c4ccccc4)cc3)cc2)[CH-]1.CN1C=CN(c2[c-]cc(-c3ccccc3)cc2)[CH-]1.CN1[CH-]N(c2[c-]cc(-c3ccccc3)cc2)c2ccccc21.CN1[CH-]N(c2[c-]cc(-c3ccccc3)cc2)c2ccccc21.CN1[CH-]N(c2[c-]cccc2)c2ccccc21.Cc1cc(C)n(-c2[c-]cccc2)n1.[Ir+3].[Ir+3].[Ir+3].[Ir].[c-]1ccccc1-n1cccn1.[c-]1ccccc1-n1cccn1. The Bertz CT molecular complexity index is 6760. The summed E-state index contributed by atoms with van der Waals surface area (Å²) in [4.78, 5) is 21.0. The molecule has 0 atom stereocenters. The maximum atomic E-state index is 4.37. The first-order chi connectivity index (χ1) is 67.3. The van der Waals surface area contributed by atoms with Crippen LogP contribution in [0.3, 0.4) is 0 Å². The monoisotopic (exact) mass is 2550 g/mol. The summed E-state index contributed by atoms with van der Waals surface area (Å²) in [5.41, 5.74) is 29.7. The van der Waals surface area contributed by atoms with Gasteiger partial charge in [-0.3, -0.25) is 14.0 Å². The van der Waals surface area contributed by atoms with Gasteiger partial charge >= 0.3 is 60.3 Å². The van der Waals surface area contributed by atoms with Crippen molar-refractivity contribution < 1.29 is 80.4 Å². The summed E-state index contributed by atoms with van der Waals surface area (Å²) in [6, 6.07) is 164. The smallest absolute Gasteiger partial charge is 0.510 e. The summed E-state index contributed by atoms with van der Waals surface area (Å²) in [5.74, 6) is 0. The Morgan fingerprint density at radius 1 is 0.241 bits per heavy atom. The number of aryl methyl sites for hydroxylation is 2. The molecule has 24 rings (SSSR count). The average molecular weight is 2550 g/mol. The first-order valence-corrected chi connectivity index (χ1v) is 45.1. The zero-order valence-electron chi connectivity index (χ0n) is 78.7. The molecule has 5 aliphatic rings. The van der Waals surface area contributed by atoms with Crippen molar-refractivity contribution in [1.29, 1.82) is 0 Å². The normalized spacial score (nSPS) is 12.4. The number of rotatable bonds is 13. The topological polar surface area (TPSA) is 85.9 Å². The van der Waals surface area contributed by atoms with E-state index in [1.807, 2.05) is 232 Å². The van der Waals surface area contributed by atoms with Gasteiger partial charge in [0.25, 0.3) is 0 Å². The van der Waals surface area contributed by atoms with Gasteiger partial charge in [-0.2, -0.15) is 225 Å². The van der Waals surface area contributed by atoms with Crippen molar-refractivity contribution in [2.24, 2.45) is 0 Å². The van der Waals surface area contributed by atoms with Crippen LogP contribution >= 0.6 is 0 Å². The summed E-state index contributed by atoms with van der Waals surface area (Å²) in [7, 11) is 10.2. The predicted molar refractivity (Wildman–Crippen MR) is 561 cm³/mol. The predicted octanol–water partition coefficient (Wildman–Crippen LogP) is 27.2. The maximum absolute atomic E-state index is 4.37. The molecule has 1 radical (unpaired) electrons. The van der Waals surface area contributed by atoms with Crippen LogP contribution in [0.15, 0.2) is 456 Å². The van der Waals surface area contributed by atoms with E-state index in [9.17, 15) is 0 Å². The number of nitrogens with zero attached hydrogens (tertiary/aromatic N) is 16. The Morgan fingerprint density at radius 2 is 0.511 bits per heavy atom. The molecule has 0 bridgehead atoms. The molecule has 0 fully saturated rings. The van der Waals surface area contributed by atoms with E-state index in [1.54, 1.807) is 21.8 Å². The molecule has 20 heteroatoms. The Morgan fingerprint density at radius 3 is 0.787 bits per heavy atom. The van der Waals surface area contributed by atoms with Crippen molar-refractivity contribution in [2.75, 3.05) is 74.4 Å². The zero-order chi connectivity index (χ0) is 93.9. The number of para-hydroxylation sites is 10. The molecule has 19 aromatic rings. The fraction of sp³-hybridized carbons (Fsp3) is 0.0579.